The Morgan fingerprint density at radius 2 is 2.25 bits per heavy atom. The van der Waals surface area contributed by atoms with Gasteiger partial charge >= 0.3 is 0 Å². The summed E-state index contributed by atoms with van der Waals surface area (Å²) in [6.07, 6.45) is 3.15. The number of aromatic nitrogens is 4. The Hall–Kier alpha value is -2.90. The van der Waals surface area contributed by atoms with Crippen LogP contribution in [-0.4, -0.2) is 20.3 Å². The third-order valence-corrected chi connectivity index (χ3v) is 2.45. The maximum Gasteiger partial charge on any atom is 0.250 e. The van der Waals surface area contributed by atoms with Crippen LogP contribution in [0, 0.1) is 6.92 Å². The lowest BCUT2D eigenvalue weighted by molar-refractivity contribution is 0.400. The first kappa shape index (κ1) is 12.2. The second-order valence-electron chi connectivity index (χ2n) is 4.05. The molecule has 8 nitrogen and oxygen atoms in total. The van der Waals surface area contributed by atoms with Crippen molar-refractivity contribution in [3.05, 3.63) is 42.2 Å². The molecule has 0 aliphatic carbocycles. The fraction of sp³-hybridized carbons (Fsp3) is 0.167. The molecule has 3 aromatic rings. The minimum atomic E-state index is 0.336. The van der Waals surface area contributed by atoms with Crippen LogP contribution < -0.4 is 10.6 Å². The number of nitrogens with one attached hydrogen (secondary N) is 2. The first-order chi connectivity index (χ1) is 9.79. The largest absolute Gasteiger partial charge is 0.467 e. The number of rotatable bonds is 5. The molecule has 3 rings (SSSR count). The molecular formula is C12H12N6O2. The summed E-state index contributed by atoms with van der Waals surface area (Å²) < 4.78 is 10.2. The van der Waals surface area contributed by atoms with Gasteiger partial charge in [0.25, 0.3) is 0 Å². The van der Waals surface area contributed by atoms with Crippen molar-refractivity contribution in [2.24, 2.45) is 0 Å². The quantitative estimate of drug-likeness (QED) is 0.728. The predicted octanol–water partition coefficient (Wildman–Crippen LogP) is 2.12. The number of hydrogen-bond donors (Lipinski definition) is 2. The number of furan rings is 1. The maximum absolute atomic E-state index is 5.22. The number of hydrogen-bond acceptors (Lipinski definition) is 8. The van der Waals surface area contributed by atoms with Crippen LogP contribution in [0.2, 0.25) is 0 Å². The van der Waals surface area contributed by atoms with Crippen molar-refractivity contribution in [1.29, 1.82) is 0 Å². The van der Waals surface area contributed by atoms with E-state index in [0.29, 0.717) is 29.9 Å². The maximum atomic E-state index is 5.22. The van der Waals surface area contributed by atoms with Gasteiger partial charge in [0.1, 0.15) is 11.5 Å². The second kappa shape index (κ2) is 5.39. The van der Waals surface area contributed by atoms with Gasteiger partial charge in [-0.05, 0) is 19.1 Å². The summed E-state index contributed by atoms with van der Waals surface area (Å²) in [5.41, 5.74) is 0. The van der Waals surface area contributed by atoms with E-state index in [-0.39, 0.29) is 0 Å². The van der Waals surface area contributed by atoms with Gasteiger partial charge in [0, 0.05) is 6.07 Å². The lowest BCUT2D eigenvalue weighted by Crippen LogP contribution is -2.05. The van der Waals surface area contributed by atoms with E-state index in [9.17, 15) is 0 Å². The fourth-order valence-electron chi connectivity index (χ4n) is 1.57. The summed E-state index contributed by atoms with van der Waals surface area (Å²) in [7, 11) is 0. The van der Waals surface area contributed by atoms with E-state index >= 15 is 0 Å². The molecule has 0 spiro atoms. The topological polar surface area (TPSA) is 102 Å². The Balaban J connectivity index is 1.66. The highest BCUT2D eigenvalue weighted by atomic mass is 16.5. The van der Waals surface area contributed by atoms with Gasteiger partial charge in [-0.3, -0.25) is 0 Å². The number of anilines is 3. The molecule has 20 heavy (non-hydrogen) atoms. The molecule has 3 heterocycles. The van der Waals surface area contributed by atoms with E-state index in [0.717, 1.165) is 5.76 Å². The molecular weight excluding hydrogens is 260 g/mol. The van der Waals surface area contributed by atoms with Crippen molar-refractivity contribution in [3.8, 4) is 0 Å². The number of nitrogens with zero attached hydrogens (tertiary/aromatic N) is 4. The Morgan fingerprint density at radius 1 is 1.30 bits per heavy atom. The molecule has 0 radical (unpaired) electrons. The van der Waals surface area contributed by atoms with Crippen molar-refractivity contribution < 1.29 is 8.94 Å². The Kier molecular flexibility index (Phi) is 3.27. The third-order valence-electron chi connectivity index (χ3n) is 2.45. The van der Waals surface area contributed by atoms with Crippen molar-refractivity contribution >= 4 is 17.6 Å². The van der Waals surface area contributed by atoms with Crippen LogP contribution in [0.1, 0.15) is 11.5 Å². The van der Waals surface area contributed by atoms with E-state index in [1.54, 1.807) is 19.3 Å². The molecule has 0 saturated heterocycles. The van der Waals surface area contributed by atoms with Gasteiger partial charge in [-0.25, -0.2) is 0 Å². The average molecular weight is 272 g/mol. The van der Waals surface area contributed by atoms with E-state index < -0.39 is 0 Å². The molecule has 0 aliphatic rings. The highest BCUT2D eigenvalue weighted by molar-refractivity contribution is 5.48. The molecule has 2 N–H and O–H groups in total. The van der Waals surface area contributed by atoms with Gasteiger partial charge in [0.15, 0.2) is 11.6 Å². The second-order valence-corrected chi connectivity index (χ2v) is 4.05. The molecule has 0 aliphatic heterocycles. The van der Waals surface area contributed by atoms with Crippen molar-refractivity contribution in [2.75, 3.05) is 10.6 Å². The molecule has 0 bridgehead atoms. The normalized spacial score (nSPS) is 10.4. The smallest absolute Gasteiger partial charge is 0.250 e. The lowest BCUT2D eigenvalue weighted by atomic mass is 10.4. The molecule has 0 saturated carbocycles. The minimum Gasteiger partial charge on any atom is -0.467 e. The zero-order valence-electron chi connectivity index (χ0n) is 10.7. The van der Waals surface area contributed by atoms with Crippen LogP contribution in [0.25, 0.3) is 0 Å². The monoisotopic (exact) mass is 272 g/mol. The standard InChI is InChI=1S/C12H12N6O2/c1-8-5-10(18-20-8)15-12-16-11(7-14-17-12)13-6-9-3-2-4-19-9/h2-5,7H,6H2,1H3,(H2,13,15,16,17,18). The van der Waals surface area contributed by atoms with E-state index in [1.807, 2.05) is 12.1 Å². The molecule has 0 amide bonds. The highest BCUT2D eigenvalue weighted by Crippen LogP contribution is 2.13. The van der Waals surface area contributed by atoms with Crippen LogP contribution in [-0.2, 0) is 6.54 Å². The van der Waals surface area contributed by atoms with Crippen LogP contribution in [0.15, 0.2) is 39.6 Å². The first-order valence-electron chi connectivity index (χ1n) is 5.96. The van der Waals surface area contributed by atoms with Gasteiger partial charge in [0.2, 0.25) is 5.95 Å². The molecule has 0 atom stereocenters. The lowest BCUT2D eigenvalue weighted by Gasteiger charge is -2.04. The van der Waals surface area contributed by atoms with Crippen molar-refractivity contribution in [2.45, 2.75) is 13.5 Å². The summed E-state index contributed by atoms with van der Waals surface area (Å²) in [5, 5.41) is 17.5. The summed E-state index contributed by atoms with van der Waals surface area (Å²) >= 11 is 0. The van der Waals surface area contributed by atoms with Gasteiger partial charge < -0.3 is 19.6 Å². The first-order valence-corrected chi connectivity index (χ1v) is 5.96. The molecule has 102 valence electrons. The fourth-order valence-corrected chi connectivity index (χ4v) is 1.57. The van der Waals surface area contributed by atoms with Crippen LogP contribution >= 0.6 is 0 Å². The predicted molar refractivity (Wildman–Crippen MR) is 70.4 cm³/mol. The van der Waals surface area contributed by atoms with Crippen LogP contribution in [0.5, 0.6) is 0 Å². The molecule has 0 fully saturated rings. The van der Waals surface area contributed by atoms with Crippen molar-refractivity contribution in [3.63, 3.8) is 0 Å². The Labute approximate surface area is 114 Å². The third kappa shape index (κ3) is 2.91. The number of aryl methyl sites for hydroxylation is 1. The highest BCUT2D eigenvalue weighted by Gasteiger charge is 2.05. The summed E-state index contributed by atoms with van der Waals surface area (Å²) in [4.78, 5) is 4.26. The van der Waals surface area contributed by atoms with Crippen LogP contribution in [0.4, 0.5) is 17.6 Å². The van der Waals surface area contributed by atoms with E-state index in [4.69, 9.17) is 8.94 Å². The van der Waals surface area contributed by atoms with Gasteiger partial charge in [-0.2, -0.15) is 10.1 Å². The molecule has 0 unspecified atom stereocenters. The summed E-state index contributed by atoms with van der Waals surface area (Å²) in [5.74, 6) is 2.96. The summed E-state index contributed by atoms with van der Waals surface area (Å²) in [6, 6.07) is 5.44. The van der Waals surface area contributed by atoms with E-state index in [1.165, 1.54) is 6.20 Å². The van der Waals surface area contributed by atoms with Gasteiger partial charge in [0.05, 0.1) is 19.0 Å². The SMILES string of the molecule is Cc1cc(Nc2nncc(NCc3ccco3)n2)no1. The van der Waals surface area contributed by atoms with Gasteiger partial charge in [-0.1, -0.05) is 5.16 Å². The average Bonchev–Trinajstić information content (AvgIpc) is 3.09. The Bertz CT molecular complexity index is 679. The van der Waals surface area contributed by atoms with Crippen molar-refractivity contribution in [1.82, 2.24) is 20.3 Å². The molecule has 3 aromatic heterocycles. The zero-order valence-corrected chi connectivity index (χ0v) is 10.7. The zero-order chi connectivity index (χ0) is 13.8. The molecule has 0 aromatic carbocycles. The Morgan fingerprint density at radius 3 is 3.00 bits per heavy atom. The molecule has 8 heteroatoms. The van der Waals surface area contributed by atoms with Crippen LogP contribution in [0.3, 0.4) is 0 Å². The van der Waals surface area contributed by atoms with E-state index in [2.05, 4.69) is 31.0 Å². The van der Waals surface area contributed by atoms with Gasteiger partial charge in [-0.15, -0.1) is 5.10 Å². The minimum absolute atomic E-state index is 0.336. The summed E-state index contributed by atoms with van der Waals surface area (Å²) in [6.45, 7) is 2.33.